The molecule has 4 nitrogen and oxygen atoms in total. The van der Waals surface area contributed by atoms with Gasteiger partial charge in [0.25, 0.3) is 0 Å². The first kappa shape index (κ1) is 16.3. The van der Waals surface area contributed by atoms with E-state index in [9.17, 15) is 0 Å². The molecule has 0 saturated heterocycles. The van der Waals surface area contributed by atoms with Crippen LogP contribution in [-0.2, 0) is 13.0 Å². The van der Waals surface area contributed by atoms with Crippen molar-refractivity contribution in [1.29, 1.82) is 0 Å². The van der Waals surface area contributed by atoms with E-state index in [2.05, 4.69) is 60.3 Å². The minimum Gasteiger partial charge on any atom is -0.477 e. The van der Waals surface area contributed by atoms with Crippen LogP contribution in [0, 0.1) is 12.8 Å². The lowest BCUT2D eigenvalue weighted by molar-refractivity contribution is 0.260. The van der Waals surface area contributed by atoms with Gasteiger partial charge in [-0.15, -0.1) is 0 Å². The second-order valence-electron chi connectivity index (χ2n) is 5.91. The van der Waals surface area contributed by atoms with Crippen LogP contribution in [0.2, 0.25) is 0 Å². The summed E-state index contributed by atoms with van der Waals surface area (Å²) in [5.74, 6) is 2.73. The van der Waals surface area contributed by atoms with E-state index in [1.807, 2.05) is 13.0 Å². The van der Waals surface area contributed by atoms with Gasteiger partial charge in [0.1, 0.15) is 11.6 Å². The van der Waals surface area contributed by atoms with E-state index in [1.165, 1.54) is 11.1 Å². The van der Waals surface area contributed by atoms with Crippen LogP contribution in [-0.4, -0.2) is 16.6 Å². The molecule has 0 saturated carbocycles. The fourth-order valence-electron chi connectivity index (χ4n) is 1.95. The van der Waals surface area contributed by atoms with E-state index in [0.717, 1.165) is 24.6 Å². The van der Waals surface area contributed by atoms with Gasteiger partial charge < -0.3 is 10.1 Å². The molecule has 0 aliphatic rings. The zero-order chi connectivity index (χ0) is 15.9. The molecule has 2 rings (SSSR count). The van der Waals surface area contributed by atoms with E-state index in [-0.39, 0.29) is 0 Å². The van der Waals surface area contributed by atoms with Gasteiger partial charge in [-0.05, 0) is 18.4 Å². The normalized spacial score (nSPS) is 10.8. The largest absolute Gasteiger partial charge is 0.477 e. The molecule has 0 fully saturated rings. The quantitative estimate of drug-likeness (QED) is 0.839. The van der Waals surface area contributed by atoms with E-state index in [0.29, 0.717) is 18.4 Å². The monoisotopic (exact) mass is 299 g/mol. The lowest BCUT2D eigenvalue weighted by Crippen LogP contribution is -2.09. The Balaban J connectivity index is 2.05. The average Bonchev–Trinajstić information content (AvgIpc) is 2.52. The third-order valence-corrected chi connectivity index (χ3v) is 3.22. The van der Waals surface area contributed by atoms with Crippen LogP contribution in [0.25, 0.3) is 0 Å². The number of aromatic nitrogens is 2. The highest BCUT2D eigenvalue weighted by atomic mass is 16.5. The van der Waals surface area contributed by atoms with Crippen LogP contribution in [0.1, 0.15) is 37.7 Å². The van der Waals surface area contributed by atoms with Crippen molar-refractivity contribution in [2.24, 2.45) is 5.92 Å². The van der Waals surface area contributed by atoms with E-state index >= 15 is 0 Å². The third kappa shape index (κ3) is 5.02. The second kappa shape index (κ2) is 7.78. The maximum absolute atomic E-state index is 5.73. The predicted molar refractivity (Wildman–Crippen MR) is 90.2 cm³/mol. The van der Waals surface area contributed by atoms with Crippen LogP contribution < -0.4 is 10.1 Å². The number of nitrogens with zero attached hydrogens (tertiary/aromatic N) is 2. The summed E-state index contributed by atoms with van der Waals surface area (Å²) in [4.78, 5) is 8.93. The molecule has 0 radical (unpaired) electrons. The van der Waals surface area contributed by atoms with Gasteiger partial charge >= 0.3 is 0 Å². The Labute approximate surface area is 133 Å². The molecule has 4 heteroatoms. The van der Waals surface area contributed by atoms with Gasteiger partial charge in [-0.2, -0.15) is 4.98 Å². The van der Waals surface area contributed by atoms with Crippen molar-refractivity contribution in [3.63, 3.8) is 0 Å². The Bertz CT molecular complexity index is 594. The Morgan fingerprint density at radius 1 is 1.14 bits per heavy atom. The molecule has 0 atom stereocenters. The first-order valence-electron chi connectivity index (χ1n) is 7.87. The summed E-state index contributed by atoms with van der Waals surface area (Å²) in [5, 5.41) is 3.35. The molecule has 0 aliphatic carbocycles. The Kier molecular flexibility index (Phi) is 5.75. The molecule has 0 unspecified atom stereocenters. The molecule has 1 aromatic carbocycles. The van der Waals surface area contributed by atoms with Crippen molar-refractivity contribution >= 4 is 5.82 Å². The molecule has 2 aromatic rings. The van der Waals surface area contributed by atoms with Crippen molar-refractivity contribution < 1.29 is 4.74 Å². The summed E-state index contributed by atoms with van der Waals surface area (Å²) in [6, 6.07) is 10.4. The topological polar surface area (TPSA) is 47.0 Å². The van der Waals surface area contributed by atoms with Crippen LogP contribution in [0.3, 0.4) is 0 Å². The van der Waals surface area contributed by atoms with Crippen LogP contribution >= 0.6 is 0 Å². The zero-order valence-electron chi connectivity index (χ0n) is 13.9. The van der Waals surface area contributed by atoms with E-state index in [4.69, 9.17) is 4.74 Å². The van der Waals surface area contributed by atoms with Crippen molar-refractivity contribution in [3.05, 3.63) is 47.3 Å². The van der Waals surface area contributed by atoms with Gasteiger partial charge in [0, 0.05) is 19.0 Å². The van der Waals surface area contributed by atoms with Gasteiger partial charge in [-0.3, -0.25) is 0 Å². The summed E-state index contributed by atoms with van der Waals surface area (Å²) in [7, 11) is 0. The lowest BCUT2D eigenvalue weighted by atomic mass is 10.1. The highest BCUT2D eigenvalue weighted by Crippen LogP contribution is 2.16. The number of hydrogen-bond acceptors (Lipinski definition) is 4. The average molecular weight is 299 g/mol. The summed E-state index contributed by atoms with van der Waals surface area (Å²) in [5.41, 5.74) is 2.50. The van der Waals surface area contributed by atoms with Gasteiger partial charge in [-0.1, -0.05) is 50.6 Å². The van der Waals surface area contributed by atoms with Gasteiger partial charge in [0.2, 0.25) is 5.88 Å². The number of benzene rings is 1. The van der Waals surface area contributed by atoms with Crippen molar-refractivity contribution in [2.75, 3.05) is 11.9 Å². The van der Waals surface area contributed by atoms with Gasteiger partial charge in [-0.25, -0.2) is 4.98 Å². The number of nitrogens with one attached hydrogen (secondary N) is 1. The van der Waals surface area contributed by atoms with Gasteiger partial charge in [0.05, 0.1) is 6.61 Å². The van der Waals surface area contributed by atoms with Crippen LogP contribution in [0.15, 0.2) is 30.3 Å². The first-order valence-corrected chi connectivity index (χ1v) is 7.87. The number of ether oxygens (including phenoxy) is 1. The zero-order valence-corrected chi connectivity index (χ0v) is 13.9. The molecule has 0 bridgehead atoms. The molecule has 22 heavy (non-hydrogen) atoms. The molecule has 0 aliphatic heterocycles. The molecule has 0 amide bonds. The van der Waals surface area contributed by atoms with Crippen molar-refractivity contribution in [2.45, 2.75) is 40.7 Å². The van der Waals surface area contributed by atoms with E-state index in [1.54, 1.807) is 0 Å². The number of hydrogen-bond donors (Lipinski definition) is 1. The Morgan fingerprint density at radius 3 is 2.50 bits per heavy atom. The molecule has 1 N–H and O–H groups in total. The molecular formula is C18H25N3O. The molecule has 0 spiro atoms. The summed E-state index contributed by atoms with van der Waals surface area (Å²) in [6.45, 7) is 9.79. The van der Waals surface area contributed by atoms with Crippen LogP contribution in [0.4, 0.5) is 5.82 Å². The molecule has 1 heterocycles. The predicted octanol–water partition coefficient (Wildman–Crippen LogP) is 3.99. The summed E-state index contributed by atoms with van der Waals surface area (Å²) < 4.78 is 5.73. The fraction of sp³-hybridized carbons (Fsp3) is 0.444. The minimum atomic E-state index is 0.476. The highest BCUT2D eigenvalue weighted by molar-refractivity contribution is 5.39. The smallest absolute Gasteiger partial charge is 0.218 e. The Morgan fingerprint density at radius 2 is 1.86 bits per heavy atom. The number of rotatable bonds is 7. The minimum absolute atomic E-state index is 0.476. The summed E-state index contributed by atoms with van der Waals surface area (Å²) in [6.07, 6.45) is 0.790. The maximum Gasteiger partial charge on any atom is 0.218 e. The fourth-order valence-corrected chi connectivity index (χ4v) is 1.95. The van der Waals surface area contributed by atoms with E-state index < -0.39 is 0 Å². The molecular weight excluding hydrogens is 274 g/mol. The SMILES string of the molecule is CCc1nc(NCc2ccc(C)cc2)cc(OCC(C)C)n1. The second-order valence-corrected chi connectivity index (χ2v) is 5.91. The maximum atomic E-state index is 5.73. The first-order chi connectivity index (χ1) is 10.6. The number of aryl methyl sites for hydroxylation is 2. The van der Waals surface area contributed by atoms with Crippen LogP contribution in [0.5, 0.6) is 5.88 Å². The molecule has 118 valence electrons. The Hall–Kier alpha value is -2.10. The summed E-state index contributed by atoms with van der Waals surface area (Å²) >= 11 is 0. The van der Waals surface area contributed by atoms with Crippen molar-refractivity contribution in [1.82, 2.24) is 9.97 Å². The standard InChI is InChI=1S/C18H25N3O/c1-5-16-20-17(10-18(21-16)22-12-13(2)3)19-11-15-8-6-14(4)7-9-15/h6-10,13H,5,11-12H2,1-4H3,(H,19,20,21). The van der Waals surface area contributed by atoms with Crippen molar-refractivity contribution in [3.8, 4) is 5.88 Å². The lowest BCUT2D eigenvalue weighted by Gasteiger charge is -2.12. The van der Waals surface area contributed by atoms with Gasteiger partial charge in [0.15, 0.2) is 0 Å². The molecule has 1 aromatic heterocycles. The number of anilines is 1. The third-order valence-electron chi connectivity index (χ3n) is 3.22. The highest BCUT2D eigenvalue weighted by Gasteiger charge is 2.06.